The Labute approximate surface area is 211 Å². The molecule has 5 rings (SSSR count). The SMILES string of the molecule is COc1cc(C2C=NNC2)ccc1NC(=O)C1COc2ccc(C(=O)N3CCC(N(C)C)C3)cc2C1. The van der Waals surface area contributed by atoms with Crippen LogP contribution in [0.15, 0.2) is 41.5 Å². The highest BCUT2D eigenvalue weighted by molar-refractivity contribution is 5.96. The number of hydrogen-bond acceptors (Lipinski definition) is 7. The molecule has 0 saturated carbocycles. The summed E-state index contributed by atoms with van der Waals surface area (Å²) in [4.78, 5) is 30.3. The summed E-state index contributed by atoms with van der Waals surface area (Å²) in [5.41, 5.74) is 6.17. The lowest BCUT2D eigenvalue weighted by atomic mass is 9.94. The smallest absolute Gasteiger partial charge is 0.253 e. The van der Waals surface area contributed by atoms with Crippen LogP contribution in [-0.2, 0) is 11.2 Å². The minimum Gasteiger partial charge on any atom is -0.495 e. The Morgan fingerprint density at radius 3 is 2.81 bits per heavy atom. The number of likely N-dealkylation sites (N-methyl/N-ethyl adjacent to an activating group) is 1. The van der Waals surface area contributed by atoms with Gasteiger partial charge in [-0.15, -0.1) is 0 Å². The van der Waals surface area contributed by atoms with Gasteiger partial charge in [-0.1, -0.05) is 6.07 Å². The van der Waals surface area contributed by atoms with Gasteiger partial charge in [0.2, 0.25) is 5.91 Å². The number of carbonyl (C=O) groups excluding carboxylic acids is 2. The number of likely N-dealkylation sites (tertiary alicyclic amines) is 1. The molecule has 1 saturated heterocycles. The van der Waals surface area contributed by atoms with Crippen molar-refractivity contribution < 1.29 is 19.1 Å². The van der Waals surface area contributed by atoms with Crippen LogP contribution < -0.4 is 20.2 Å². The summed E-state index contributed by atoms with van der Waals surface area (Å²) < 4.78 is 11.4. The highest BCUT2D eigenvalue weighted by atomic mass is 16.5. The standard InChI is InChI=1S/C27H33N5O4/c1-31(2)22-8-9-32(15-22)27(34)18-5-7-24-19(10-18)11-20(16-36-24)26(33)30-23-6-4-17(12-25(23)35-3)21-13-28-29-14-21/h4-7,10,12-13,20-22,29H,8-9,11,14-16H2,1-3H3,(H,30,33). The largest absolute Gasteiger partial charge is 0.495 e. The molecule has 0 aliphatic carbocycles. The molecule has 190 valence electrons. The molecule has 1 fully saturated rings. The van der Waals surface area contributed by atoms with Crippen molar-refractivity contribution >= 4 is 23.7 Å². The second-order valence-electron chi connectivity index (χ2n) is 9.89. The monoisotopic (exact) mass is 491 g/mol. The number of nitrogens with one attached hydrogen (secondary N) is 2. The molecule has 2 amide bonds. The van der Waals surface area contributed by atoms with E-state index in [0.717, 1.165) is 42.9 Å². The third-order valence-electron chi connectivity index (χ3n) is 7.33. The summed E-state index contributed by atoms with van der Waals surface area (Å²) in [7, 11) is 5.69. The minimum atomic E-state index is -0.372. The van der Waals surface area contributed by atoms with E-state index in [1.807, 2.05) is 61.6 Å². The molecular weight excluding hydrogens is 458 g/mol. The molecule has 9 nitrogen and oxygen atoms in total. The number of anilines is 1. The summed E-state index contributed by atoms with van der Waals surface area (Å²) in [5.74, 6) is 1.04. The van der Waals surface area contributed by atoms with E-state index in [0.29, 0.717) is 29.5 Å². The van der Waals surface area contributed by atoms with Crippen molar-refractivity contribution in [2.75, 3.05) is 52.8 Å². The molecular formula is C27H33N5O4. The lowest BCUT2D eigenvalue weighted by Gasteiger charge is -2.26. The van der Waals surface area contributed by atoms with Crippen molar-refractivity contribution in [3.05, 3.63) is 53.1 Å². The molecule has 2 aromatic rings. The van der Waals surface area contributed by atoms with Crippen molar-refractivity contribution in [2.24, 2.45) is 11.0 Å². The molecule has 3 aliphatic heterocycles. The lowest BCUT2D eigenvalue weighted by Crippen LogP contribution is -2.35. The zero-order valence-corrected chi connectivity index (χ0v) is 21.0. The van der Waals surface area contributed by atoms with Crippen LogP contribution in [0.25, 0.3) is 0 Å². The first-order valence-electron chi connectivity index (χ1n) is 12.4. The number of rotatable bonds is 6. The molecule has 0 radical (unpaired) electrons. The molecule has 2 N–H and O–H groups in total. The summed E-state index contributed by atoms with van der Waals surface area (Å²) >= 11 is 0. The van der Waals surface area contributed by atoms with E-state index >= 15 is 0 Å². The fourth-order valence-electron chi connectivity index (χ4n) is 5.05. The molecule has 2 aromatic carbocycles. The van der Waals surface area contributed by atoms with Crippen molar-refractivity contribution in [3.8, 4) is 11.5 Å². The number of nitrogens with zero attached hydrogens (tertiary/aromatic N) is 3. The van der Waals surface area contributed by atoms with Crippen molar-refractivity contribution in [2.45, 2.75) is 24.8 Å². The van der Waals surface area contributed by atoms with Crippen LogP contribution in [-0.4, -0.2) is 81.3 Å². The van der Waals surface area contributed by atoms with Gasteiger partial charge in [0, 0.05) is 43.4 Å². The molecule has 0 aromatic heterocycles. The van der Waals surface area contributed by atoms with Crippen LogP contribution in [0.3, 0.4) is 0 Å². The molecule has 3 heterocycles. The number of hydrazone groups is 1. The van der Waals surface area contributed by atoms with Gasteiger partial charge in [-0.25, -0.2) is 0 Å². The zero-order chi connectivity index (χ0) is 25.2. The Hall–Kier alpha value is -3.59. The van der Waals surface area contributed by atoms with E-state index in [4.69, 9.17) is 9.47 Å². The number of fused-ring (bicyclic) bond motifs is 1. The quantitative estimate of drug-likeness (QED) is 0.644. The molecule has 3 unspecified atom stereocenters. The predicted octanol–water partition coefficient (Wildman–Crippen LogP) is 2.33. The maximum atomic E-state index is 13.2. The number of hydrogen-bond donors (Lipinski definition) is 2. The molecule has 36 heavy (non-hydrogen) atoms. The Balaban J connectivity index is 1.26. The lowest BCUT2D eigenvalue weighted by molar-refractivity contribution is -0.121. The Bertz CT molecular complexity index is 1180. The fraction of sp³-hybridized carbons (Fsp3) is 0.444. The average molecular weight is 492 g/mol. The summed E-state index contributed by atoms with van der Waals surface area (Å²) in [6.45, 7) is 2.51. The predicted molar refractivity (Wildman–Crippen MR) is 138 cm³/mol. The van der Waals surface area contributed by atoms with Gasteiger partial charge in [-0.2, -0.15) is 5.10 Å². The molecule has 3 aliphatic rings. The molecule has 3 atom stereocenters. The van der Waals surface area contributed by atoms with Gasteiger partial charge in [-0.3, -0.25) is 9.59 Å². The third-order valence-corrected chi connectivity index (χ3v) is 7.33. The van der Waals surface area contributed by atoms with Gasteiger partial charge in [-0.05, 0) is 68.4 Å². The highest BCUT2D eigenvalue weighted by Crippen LogP contribution is 2.32. The van der Waals surface area contributed by atoms with Crippen molar-refractivity contribution in [1.82, 2.24) is 15.2 Å². The number of carbonyl (C=O) groups is 2. The van der Waals surface area contributed by atoms with Crippen LogP contribution in [0.5, 0.6) is 11.5 Å². The van der Waals surface area contributed by atoms with E-state index in [-0.39, 0.29) is 30.3 Å². The van der Waals surface area contributed by atoms with E-state index in [2.05, 4.69) is 20.7 Å². The van der Waals surface area contributed by atoms with E-state index in [1.54, 1.807) is 7.11 Å². The Morgan fingerprint density at radius 2 is 2.08 bits per heavy atom. The van der Waals surface area contributed by atoms with Crippen LogP contribution in [0, 0.1) is 5.92 Å². The number of ether oxygens (including phenoxy) is 2. The minimum absolute atomic E-state index is 0.0288. The van der Waals surface area contributed by atoms with E-state index in [9.17, 15) is 9.59 Å². The molecule has 0 spiro atoms. The molecule has 0 bridgehead atoms. The Kier molecular flexibility index (Phi) is 6.82. The second kappa shape index (κ2) is 10.2. The normalized spacial score (nSPS) is 22.7. The van der Waals surface area contributed by atoms with Crippen LogP contribution in [0.4, 0.5) is 5.69 Å². The van der Waals surface area contributed by atoms with Crippen LogP contribution in [0.2, 0.25) is 0 Å². The van der Waals surface area contributed by atoms with Crippen molar-refractivity contribution in [3.63, 3.8) is 0 Å². The maximum absolute atomic E-state index is 13.2. The van der Waals surface area contributed by atoms with Crippen LogP contribution >= 0.6 is 0 Å². The van der Waals surface area contributed by atoms with E-state index < -0.39 is 0 Å². The van der Waals surface area contributed by atoms with Gasteiger partial charge >= 0.3 is 0 Å². The molecule has 9 heteroatoms. The highest BCUT2D eigenvalue weighted by Gasteiger charge is 2.31. The first kappa shape index (κ1) is 24.1. The summed E-state index contributed by atoms with van der Waals surface area (Å²) in [6, 6.07) is 11.7. The van der Waals surface area contributed by atoms with E-state index in [1.165, 1.54) is 0 Å². The summed E-state index contributed by atoms with van der Waals surface area (Å²) in [5, 5.41) is 7.08. The number of methoxy groups -OCH3 is 1. The van der Waals surface area contributed by atoms with Gasteiger partial charge in [0.15, 0.2) is 0 Å². The second-order valence-corrected chi connectivity index (χ2v) is 9.89. The van der Waals surface area contributed by atoms with Gasteiger partial charge in [0.25, 0.3) is 5.91 Å². The van der Waals surface area contributed by atoms with Gasteiger partial charge < -0.3 is 30.0 Å². The fourth-order valence-corrected chi connectivity index (χ4v) is 5.05. The average Bonchev–Trinajstić information content (AvgIpc) is 3.61. The maximum Gasteiger partial charge on any atom is 0.253 e. The van der Waals surface area contributed by atoms with Crippen molar-refractivity contribution in [1.29, 1.82) is 0 Å². The number of benzene rings is 2. The first-order valence-corrected chi connectivity index (χ1v) is 12.4. The third kappa shape index (κ3) is 4.88. The van der Waals surface area contributed by atoms with Gasteiger partial charge in [0.05, 0.1) is 18.7 Å². The number of amides is 2. The van der Waals surface area contributed by atoms with Gasteiger partial charge in [0.1, 0.15) is 18.1 Å². The first-order chi connectivity index (χ1) is 17.4. The zero-order valence-electron chi connectivity index (χ0n) is 21.0. The van der Waals surface area contributed by atoms with Crippen LogP contribution in [0.1, 0.15) is 33.8 Å². The summed E-state index contributed by atoms with van der Waals surface area (Å²) in [6.07, 6.45) is 3.35. The topological polar surface area (TPSA) is 95.5 Å². The Morgan fingerprint density at radius 1 is 1.22 bits per heavy atom.